The van der Waals surface area contributed by atoms with E-state index in [1.54, 1.807) is 6.08 Å². The molecule has 0 aromatic carbocycles. The van der Waals surface area contributed by atoms with Crippen molar-refractivity contribution in [2.24, 2.45) is 5.73 Å². The quantitative estimate of drug-likeness (QED) is 0.658. The molecule has 0 saturated heterocycles. The first-order chi connectivity index (χ1) is 6.57. The Morgan fingerprint density at radius 2 is 2.14 bits per heavy atom. The Morgan fingerprint density at radius 1 is 1.50 bits per heavy atom. The number of halogens is 3. The van der Waals surface area contributed by atoms with E-state index in [4.69, 9.17) is 40.5 Å². The minimum absolute atomic E-state index is 0.213. The summed E-state index contributed by atoms with van der Waals surface area (Å²) in [6, 6.07) is -0.298. The number of hydrogen-bond acceptors (Lipinski definition) is 2. The molecule has 0 fully saturated rings. The highest BCUT2D eigenvalue weighted by Crippen LogP contribution is 2.34. The van der Waals surface area contributed by atoms with Crippen molar-refractivity contribution >= 4 is 34.8 Å². The fourth-order valence-electron chi connectivity index (χ4n) is 1.09. The summed E-state index contributed by atoms with van der Waals surface area (Å²) in [6.07, 6.45) is 3.72. The lowest BCUT2D eigenvalue weighted by atomic mass is 10.1. The molecule has 0 bridgehead atoms. The molecule has 1 rings (SSSR count). The molecule has 0 aliphatic heterocycles. The molecule has 0 aliphatic rings. The fraction of sp³-hybridized carbons (Fsp3) is 0.222. The van der Waals surface area contributed by atoms with Crippen LogP contribution < -0.4 is 5.73 Å². The Kier molecular flexibility index (Phi) is 4.20. The van der Waals surface area contributed by atoms with Gasteiger partial charge >= 0.3 is 0 Å². The molecule has 0 unspecified atom stereocenters. The zero-order valence-electron chi connectivity index (χ0n) is 7.30. The molecule has 2 N–H and O–H groups in total. The molecule has 1 atom stereocenters. The number of pyridine rings is 1. The van der Waals surface area contributed by atoms with Crippen molar-refractivity contribution in [3.63, 3.8) is 0 Å². The number of nitrogens with two attached hydrogens (primary N) is 1. The van der Waals surface area contributed by atoms with Gasteiger partial charge in [0.1, 0.15) is 5.15 Å². The predicted molar refractivity (Wildman–Crippen MR) is 61.0 cm³/mol. The van der Waals surface area contributed by atoms with E-state index in [0.717, 1.165) is 0 Å². The van der Waals surface area contributed by atoms with Gasteiger partial charge in [-0.2, -0.15) is 0 Å². The average molecular weight is 252 g/mol. The Labute approximate surface area is 97.7 Å². The number of nitrogens with zero attached hydrogens (tertiary/aromatic N) is 1. The van der Waals surface area contributed by atoms with Crippen LogP contribution in [0.15, 0.2) is 18.9 Å². The summed E-state index contributed by atoms with van der Waals surface area (Å²) in [4.78, 5) is 3.80. The molecule has 1 aromatic rings. The van der Waals surface area contributed by atoms with Gasteiger partial charge < -0.3 is 5.73 Å². The van der Waals surface area contributed by atoms with Crippen LogP contribution in [-0.2, 0) is 0 Å². The van der Waals surface area contributed by atoms with Crippen LogP contribution in [0.3, 0.4) is 0 Å². The van der Waals surface area contributed by atoms with Gasteiger partial charge in [-0.1, -0.05) is 40.9 Å². The van der Waals surface area contributed by atoms with Crippen molar-refractivity contribution in [3.8, 4) is 0 Å². The van der Waals surface area contributed by atoms with E-state index >= 15 is 0 Å². The SMILES string of the molecule is C=CC[C@H](N)c1c(Cl)cnc(Cl)c1Cl. The Hall–Kier alpha value is -0.280. The molecule has 0 spiro atoms. The molecule has 1 heterocycles. The highest BCUT2D eigenvalue weighted by molar-refractivity contribution is 6.43. The summed E-state index contributed by atoms with van der Waals surface area (Å²) in [5.41, 5.74) is 6.47. The Morgan fingerprint density at radius 3 is 2.71 bits per heavy atom. The van der Waals surface area contributed by atoms with Gasteiger partial charge in [0, 0.05) is 17.8 Å². The van der Waals surface area contributed by atoms with Gasteiger partial charge in [0.2, 0.25) is 0 Å². The number of aromatic nitrogens is 1. The minimum atomic E-state index is -0.298. The molecule has 1 aromatic heterocycles. The predicted octanol–water partition coefficient (Wildman–Crippen LogP) is 3.62. The number of hydrogen-bond donors (Lipinski definition) is 1. The summed E-state index contributed by atoms with van der Waals surface area (Å²) in [6.45, 7) is 3.59. The average Bonchev–Trinajstić information content (AvgIpc) is 2.13. The van der Waals surface area contributed by atoms with Crippen LogP contribution >= 0.6 is 34.8 Å². The van der Waals surface area contributed by atoms with Crippen LogP contribution in [-0.4, -0.2) is 4.98 Å². The maximum Gasteiger partial charge on any atom is 0.148 e. The summed E-state index contributed by atoms with van der Waals surface area (Å²) < 4.78 is 0. The van der Waals surface area contributed by atoms with E-state index in [0.29, 0.717) is 22.0 Å². The minimum Gasteiger partial charge on any atom is -0.324 e. The van der Waals surface area contributed by atoms with Crippen molar-refractivity contribution in [3.05, 3.63) is 39.6 Å². The lowest BCUT2D eigenvalue weighted by molar-refractivity contribution is 0.740. The summed E-state index contributed by atoms with van der Waals surface area (Å²) in [5.74, 6) is 0. The van der Waals surface area contributed by atoms with Crippen molar-refractivity contribution in [1.82, 2.24) is 4.98 Å². The van der Waals surface area contributed by atoms with E-state index in [1.807, 2.05) is 0 Å². The van der Waals surface area contributed by atoms with E-state index in [2.05, 4.69) is 11.6 Å². The lowest BCUT2D eigenvalue weighted by Gasteiger charge is -2.13. The van der Waals surface area contributed by atoms with Crippen molar-refractivity contribution in [2.45, 2.75) is 12.5 Å². The second-order valence-corrected chi connectivity index (χ2v) is 3.90. The van der Waals surface area contributed by atoms with Gasteiger partial charge in [-0.3, -0.25) is 0 Å². The van der Waals surface area contributed by atoms with E-state index in [1.165, 1.54) is 6.20 Å². The monoisotopic (exact) mass is 250 g/mol. The molecular weight excluding hydrogens is 242 g/mol. The second kappa shape index (κ2) is 4.99. The normalized spacial score (nSPS) is 12.6. The molecule has 0 amide bonds. The molecule has 14 heavy (non-hydrogen) atoms. The van der Waals surface area contributed by atoms with Crippen LogP contribution in [0.2, 0.25) is 15.2 Å². The van der Waals surface area contributed by atoms with E-state index in [9.17, 15) is 0 Å². The standard InChI is InChI=1S/C9H9Cl3N2/c1-2-3-6(13)7-5(10)4-14-9(12)8(7)11/h2,4,6H,1,3,13H2/t6-/m0/s1. The summed E-state index contributed by atoms with van der Waals surface area (Å²) in [7, 11) is 0. The van der Waals surface area contributed by atoms with Crippen LogP contribution in [0.1, 0.15) is 18.0 Å². The third-order valence-corrected chi connectivity index (χ3v) is 2.82. The van der Waals surface area contributed by atoms with Gasteiger partial charge in [0.05, 0.1) is 10.0 Å². The molecule has 0 radical (unpaired) electrons. The van der Waals surface area contributed by atoms with E-state index in [-0.39, 0.29) is 11.2 Å². The van der Waals surface area contributed by atoms with Crippen LogP contribution in [0.4, 0.5) is 0 Å². The smallest absolute Gasteiger partial charge is 0.148 e. The van der Waals surface area contributed by atoms with Gasteiger partial charge in [0.15, 0.2) is 0 Å². The van der Waals surface area contributed by atoms with Gasteiger partial charge in [-0.05, 0) is 6.42 Å². The third-order valence-electron chi connectivity index (χ3n) is 1.76. The molecular formula is C9H9Cl3N2. The van der Waals surface area contributed by atoms with Gasteiger partial charge in [-0.15, -0.1) is 6.58 Å². The largest absolute Gasteiger partial charge is 0.324 e. The van der Waals surface area contributed by atoms with Crippen molar-refractivity contribution < 1.29 is 0 Å². The molecule has 2 nitrogen and oxygen atoms in total. The van der Waals surface area contributed by atoms with Crippen LogP contribution in [0, 0.1) is 0 Å². The Balaban J connectivity index is 3.17. The van der Waals surface area contributed by atoms with Crippen LogP contribution in [0.5, 0.6) is 0 Å². The third kappa shape index (κ3) is 2.39. The first-order valence-electron chi connectivity index (χ1n) is 3.93. The maximum absolute atomic E-state index is 5.94. The topological polar surface area (TPSA) is 38.9 Å². The molecule has 76 valence electrons. The zero-order chi connectivity index (χ0) is 10.7. The highest BCUT2D eigenvalue weighted by Gasteiger charge is 2.16. The second-order valence-electron chi connectivity index (χ2n) is 2.76. The summed E-state index contributed by atoms with van der Waals surface area (Å²) in [5, 5.41) is 0.952. The van der Waals surface area contributed by atoms with Gasteiger partial charge in [-0.25, -0.2) is 4.98 Å². The fourth-order valence-corrected chi connectivity index (χ4v) is 1.87. The maximum atomic E-state index is 5.94. The Bertz CT molecular complexity index is 352. The summed E-state index contributed by atoms with van der Waals surface area (Å²) >= 11 is 17.6. The molecule has 5 heteroatoms. The van der Waals surface area contributed by atoms with Crippen molar-refractivity contribution in [1.29, 1.82) is 0 Å². The number of rotatable bonds is 3. The first kappa shape index (κ1) is 11.8. The highest BCUT2D eigenvalue weighted by atomic mass is 35.5. The zero-order valence-corrected chi connectivity index (χ0v) is 9.57. The lowest BCUT2D eigenvalue weighted by Crippen LogP contribution is -2.10. The van der Waals surface area contributed by atoms with E-state index < -0.39 is 0 Å². The van der Waals surface area contributed by atoms with Gasteiger partial charge in [0.25, 0.3) is 0 Å². The molecule has 0 aliphatic carbocycles. The first-order valence-corrected chi connectivity index (χ1v) is 5.07. The molecule has 0 saturated carbocycles. The van der Waals surface area contributed by atoms with Crippen LogP contribution in [0.25, 0.3) is 0 Å². The van der Waals surface area contributed by atoms with Crippen molar-refractivity contribution in [2.75, 3.05) is 0 Å².